The van der Waals surface area contributed by atoms with Gasteiger partial charge in [-0.15, -0.1) is 10.2 Å². The summed E-state index contributed by atoms with van der Waals surface area (Å²) in [6, 6.07) is 3.59. The van der Waals surface area contributed by atoms with Crippen molar-refractivity contribution >= 4 is 33.2 Å². The van der Waals surface area contributed by atoms with E-state index in [2.05, 4.69) is 10.2 Å². The first-order valence-corrected chi connectivity index (χ1v) is 9.41. The van der Waals surface area contributed by atoms with E-state index < -0.39 is 16.1 Å². The Bertz CT molecular complexity index is 844. The van der Waals surface area contributed by atoms with Gasteiger partial charge in [0.25, 0.3) is 0 Å². The number of halogens is 2. The molecule has 1 aromatic heterocycles. The predicted molar refractivity (Wildman–Crippen MR) is 92.8 cm³/mol. The van der Waals surface area contributed by atoms with Crippen LogP contribution in [0.2, 0.25) is 10.0 Å². The SMILES string of the molecule is C[C@@H](c1nnc(C(C)(C)C)o1)N(C)S(=O)(=O)c1ccc(Cl)cc1Cl. The quantitative estimate of drug-likeness (QED) is 0.785. The lowest BCUT2D eigenvalue weighted by molar-refractivity contribution is 0.301. The number of sulfonamides is 1. The van der Waals surface area contributed by atoms with Crippen LogP contribution < -0.4 is 0 Å². The van der Waals surface area contributed by atoms with Crippen molar-refractivity contribution in [3.63, 3.8) is 0 Å². The van der Waals surface area contributed by atoms with Gasteiger partial charge in [0.1, 0.15) is 10.9 Å². The fourth-order valence-electron chi connectivity index (χ4n) is 1.91. The molecule has 0 aliphatic rings. The number of aromatic nitrogens is 2. The highest BCUT2D eigenvalue weighted by Gasteiger charge is 2.32. The van der Waals surface area contributed by atoms with Crippen LogP contribution in [0.3, 0.4) is 0 Å². The van der Waals surface area contributed by atoms with E-state index in [0.717, 1.165) is 4.31 Å². The Morgan fingerprint density at radius 3 is 2.33 bits per heavy atom. The van der Waals surface area contributed by atoms with Gasteiger partial charge in [-0.25, -0.2) is 8.42 Å². The predicted octanol–water partition coefficient (Wildman–Crippen LogP) is 4.06. The Morgan fingerprint density at radius 1 is 1.21 bits per heavy atom. The van der Waals surface area contributed by atoms with Crippen molar-refractivity contribution in [1.82, 2.24) is 14.5 Å². The van der Waals surface area contributed by atoms with Crippen molar-refractivity contribution in [2.75, 3.05) is 7.05 Å². The van der Waals surface area contributed by atoms with Crippen molar-refractivity contribution in [2.24, 2.45) is 0 Å². The minimum Gasteiger partial charge on any atom is -0.423 e. The Kier molecular flexibility index (Phi) is 5.30. The molecule has 1 heterocycles. The van der Waals surface area contributed by atoms with Crippen LogP contribution in [-0.4, -0.2) is 30.0 Å². The summed E-state index contributed by atoms with van der Waals surface area (Å²) in [5.74, 6) is 0.663. The van der Waals surface area contributed by atoms with Crippen LogP contribution in [0.5, 0.6) is 0 Å². The molecular weight excluding hydrogens is 373 g/mol. The number of nitrogens with zero attached hydrogens (tertiary/aromatic N) is 3. The lowest BCUT2D eigenvalue weighted by Crippen LogP contribution is -2.30. The smallest absolute Gasteiger partial charge is 0.245 e. The standard InChI is InChI=1S/C15H19Cl2N3O3S/c1-9(13-18-19-14(23-13)15(2,3)4)20(5)24(21,22)12-7-6-10(16)8-11(12)17/h6-9H,1-5H3/t9-/m0/s1. The topological polar surface area (TPSA) is 76.3 Å². The van der Waals surface area contributed by atoms with E-state index in [1.165, 1.54) is 25.2 Å². The second-order valence-corrected chi connectivity index (χ2v) is 9.28. The molecule has 0 saturated carbocycles. The van der Waals surface area contributed by atoms with E-state index in [4.69, 9.17) is 27.6 Å². The number of hydrogen-bond acceptors (Lipinski definition) is 5. The third-order valence-corrected chi connectivity index (χ3v) is 6.18. The largest absolute Gasteiger partial charge is 0.423 e. The summed E-state index contributed by atoms with van der Waals surface area (Å²) in [4.78, 5) is -0.0292. The normalized spacial score (nSPS) is 14.2. The summed E-state index contributed by atoms with van der Waals surface area (Å²) in [6.07, 6.45) is 0. The third kappa shape index (κ3) is 3.74. The van der Waals surface area contributed by atoms with Crippen molar-refractivity contribution in [1.29, 1.82) is 0 Å². The molecule has 2 rings (SSSR count). The van der Waals surface area contributed by atoms with Crippen LogP contribution in [-0.2, 0) is 15.4 Å². The number of benzene rings is 1. The third-order valence-electron chi connectivity index (χ3n) is 3.54. The molecule has 0 radical (unpaired) electrons. The van der Waals surface area contributed by atoms with Gasteiger partial charge < -0.3 is 4.42 Å². The summed E-state index contributed by atoms with van der Waals surface area (Å²) in [5.41, 5.74) is -0.318. The molecule has 0 aliphatic heterocycles. The minimum absolute atomic E-state index is 0.0292. The average Bonchev–Trinajstić information content (AvgIpc) is 2.95. The van der Waals surface area contributed by atoms with Crippen molar-refractivity contribution < 1.29 is 12.8 Å². The summed E-state index contributed by atoms with van der Waals surface area (Å²) in [7, 11) is -2.41. The van der Waals surface area contributed by atoms with Crippen molar-refractivity contribution in [2.45, 2.75) is 44.0 Å². The van der Waals surface area contributed by atoms with Gasteiger partial charge in [-0.05, 0) is 25.1 Å². The number of rotatable bonds is 4. The van der Waals surface area contributed by atoms with Gasteiger partial charge in [0.2, 0.25) is 21.8 Å². The molecule has 0 saturated heterocycles. The van der Waals surface area contributed by atoms with Crippen molar-refractivity contribution in [3.8, 4) is 0 Å². The molecule has 0 fully saturated rings. The molecule has 1 aromatic carbocycles. The monoisotopic (exact) mass is 391 g/mol. The molecule has 0 N–H and O–H groups in total. The van der Waals surface area contributed by atoms with Crippen LogP contribution in [0.4, 0.5) is 0 Å². The summed E-state index contributed by atoms with van der Waals surface area (Å²) >= 11 is 11.9. The molecule has 0 amide bonds. The molecular formula is C15H19Cl2N3O3S. The molecule has 0 bridgehead atoms. The first kappa shape index (κ1) is 19.2. The molecule has 24 heavy (non-hydrogen) atoms. The molecule has 1 atom stereocenters. The Balaban J connectivity index is 2.35. The second-order valence-electron chi connectivity index (χ2n) is 6.47. The van der Waals surface area contributed by atoms with Gasteiger partial charge in [0.05, 0.1) is 5.02 Å². The Hall–Kier alpha value is -1.15. The molecule has 6 nitrogen and oxygen atoms in total. The first-order valence-electron chi connectivity index (χ1n) is 7.21. The zero-order valence-corrected chi connectivity index (χ0v) is 16.4. The molecule has 9 heteroatoms. The van der Waals surface area contributed by atoms with Gasteiger partial charge >= 0.3 is 0 Å². The fraction of sp³-hybridized carbons (Fsp3) is 0.467. The lowest BCUT2D eigenvalue weighted by atomic mass is 9.97. The van der Waals surface area contributed by atoms with Gasteiger partial charge in [0.15, 0.2) is 0 Å². The molecule has 2 aromatic rings. The van der Waals surface area contributed by atoms with Crippen LogP contribution in [0, 0.1) is 0 Å². The van der Waals surface area contributed by atoms with E-state index in [9.17, 15) is 8.42 Å². The van der Waals surface area contributed by atoms with Gasteiger partial charge in [-0.1, -0.05) is 44.0 Å². The summed E-state index contributed by atoms with van der Waals surface area (Å²) in [6.45, 7) is 7.47. The van der Waals surface area contributed by atoms with Crippen LogP contribution in [0.1, 0.15) is 45.5 Å². The van der Waals surface area contributed by atoms with E-state index >= 15 is 0 Å². The van der Waals surface area contributed by atoms with Gasteiger partial charge in [0, 0.05) is 17.5 Å². The van der Waals surface area contributed by atoms with E-state index in [1.807, 2.05) is 20.8 Å². The Morgan fingerprint density at radius 2 is 1.83 bits per heavy atom. The van der Waals surface area contributed by atoms with Crippen LogP contribution in [0.15, 0.2) is 27.5 Å². The van der Waals surface area contributed by atoms with E-state index in [0.29, 0.717) is 10.9 Å². The maximum Gasteiger partial charge on any atom is 0.245 e. The highest BCUT2D eigenvalue weighted by molar-refractivity contribution is 7.89. The molecule has 0 unspecified atom stereocenters. The first-order chi connectivity index (χ1) is 10.9. The van der Waals surface area contributed by atoms with Crippen LogP contribution in [0.25, 0.3) is 0 Å². The number of hydrogen-bond donors (Lipinski definition) is 0. The zero-order valence-electron chi connectivity index (χ0n) is 14.0. The summed E-state index contributed by atoms with van der Waals surface area (Å²) < 4.78 is 32.4. The zero-order chi connectivity index (χ0) is 18.3. The minimum atomic E-state index is -3.85. The maximum absolute atomic E-state index is 12.8. The van der Waals surface area contributed by atoms with E-state index in [-0.39, 0.29) is 21.2 Å². The Labute approximate surface area is 151 Å². The highest BCUT2D eigenvalue weighted by atomic mass is 35.5. The fourth-order valence-corrected chi connectivity index (χ4v) is 3.97. The molecule has 0 aliphatic carbocycles. The average molecular weight is 392 g/mol. The lowest BCUT2D eigenvalue weighted by Gasteiger charge is -2.22. The van der Waals surface area contributed by atoms with E-state index in [1.54, 1.807) is 6.92 Å². The maximum atomic E-state index is 12.8. The second kappa shape index (κ2) is 6.63. The van der Waals surface area contributed by atoms with Crippen molar-refractivity contribution in [3.05, 3.63) is 40.0 Å². The molecule has 0 spiro atoms. The van der Waals surface area contributed by atoms with Gasteiger partial charge in [-0.3, -0.25) is 0 Å². The highest BCUT2D eigenvalue weighted by Crippen LogP contribution is 2.31. The van der Waals surface area contributed by atoms with Crippen LogP contribution >= 0.6 is 23.2 Å². The van der Waals surface area contributed by atoms with Gasteiger partial charge in [-0.2, -0.15) is 4.31 Å². The molecule has 132 valence electrons. The summed E-state index contributed by atoms with van der Waals surface area (Å²) in [5, 5.41) is 8.38.